The van der Waals surface area contributed by atoms with E-state index in [1.165, 1.54) is 0 Å². The van der Waals surface area contributed by atoms with Gasteiger partial charge in [0.25, 0.3) is 0 Å². The van der Waals surface area contributed by atoms with Crippen LogP contribution >= 0.6 is 0 Å². The summed E-state index contributed by atoms with van der Waals surface area (Å²) in [6.45, 7) is 0. The van der Waals surface area contributed by atoms with Gasteiger partial charge in [0.05, 0.1) is 12.0 Å². The number of aliphatic carboxylic acids is 1. The molecule has 80 valence electrons. The van der Waals surface area contributed by atoms with Gasteiger partial charge in [-0.15, -0.1) is 0 Å². The van der Waals surface area contributed by atoms with Crippen molar-refractivity contribution in [1.29, 1.82) is 0 Å². The van der Waals surface area contributed by atoms with Crippen molar-refractivity contribution in [2.45, 2.75) is 31.3 Å². The van der Waals surface area contributed by atoms with Crippen molar-refractivity contribution in [3.63, 3.8) is 0 Å². The van der Waals surface area contributed by atoms with Crippen LogP contribution in [0.25, 0.3) is 0 Å². The SMILES string of the molecule is O=C(O)Cc1cccc(C2(O)CCC2)c1. The molecule has 0 aliphatic heterocycles. The minimum Gasteiger partial charge on any atom is -0.481 e. The summed E-state index contributed by atoms with van der Waals surface area (Å²) in [7, 11) is 0. The Balaban J connectivity index is 2.22. The van der Waals surface area contributed by atoms with E-state index in [1.54, 1.807) is 12.1 Å². The van der Waals surface area contributed by atoms with E-state index in [4.69, 9.17) is 5.11 Å². The van der Waals surface area contributed by atoms with Crippen LogP contribution in [0.3, 0.4) is 0 Å². The third kappa shape index (κ3) is 2.02. The molecule has 0 amide bonds. The number of rotatable bonds is 3. The predicted molar refractivity (Wildman–Crippen MR) is 55.5 cm³/mol. The van der Waals surface area contributed by atoms with Crippen molar-refractivity contribution in [2.24, 2.45) is 0 Å². The molecular weight excluding hydrogens is 192 g/mol. The molecule has 1 aromatic carbocycles. The maximum Gasteiger partial charge on any atom is 0.307 e. The van der Waals surface area contributed by atoms with Crippen LogP contribution in [0, 0.1) is 0 Å². The van der Waals surface area contributed by atoms with Crippen LogP contribution in [-0.4, -0.2) is 16.2 Å². The van der Waals surface area contributed by atoms with Gasteiger partial charge in [0.1, 0.15) is 0 Å². The van der Waals surface area contributed by atoms with Crippen molar-refractivity contribution in [3.05, 3.63) is 35.4 Å². The van der Waals surface area contributed by atoms with Crippen molar-refractivity contribution in [1.82, 2.24) is 0 Å². The molecule has 2 N–H and O–H groups in total. The molecule has 3 heteroatoms. The maximum atomic E-state index is 10.6. The maximum absolute atomic E-state index is 10.6. The van der Waals surface area contributed by atoms with Gasteiger partial charge in [-0.2, -0.15) is 0 Å². The molecule has 0 unspecified atom stereocenters. The topological polar surface area (TPSA) is 57.5 Å². The fourth-order valence-electron chi connectivity index (χ4n) is 1.95. The average molecular weight is 206 g/mol. The van der Waals surface area contributed by atoms with Crippen LogP contribution in [0.5, 0.6) is 0 Å². The van der Waals surface area contributed by atoms with Gasteiger partial charge < -0.3 is 10.2 Å². The van der Waals surface area contributed by atoms with Crippen molar-refractivity contribution in [2.75, 3.05) is 0 Å². The summed E-state index contributed by atoms with van der Waals surface area (Å²) < 4.78 is 0. The third-order valence-corrected chi connectivity index (χ3v) is 3.00. The molecule has 0 atom stereocenters. The van der Waals surface area contributed by atoms with Gasteiger partial charge in [0, 0.05) is 0 Å². The largest absolute Gasteiger partial charge is 0.481 e. The standard InChI is InChI=1S/C12H14O3/c13-11(14)8-9-3-1-4-10(7-9)12(15)5-2-6-12/h1,3-4,7,15H,2,5-6,8H2,(H,13,14). The highest BCUT2D eigenvalue weighted by atomic mass is 16.4. The Morgan fingerprint density at radius 2 is 2.13 bits per heavy atom. The molecular formula is C12H14O3. The van der Waals surface area contributed by atoms with Crippen molar-refractivity contribution < 1.29 is 15.0 Å². The molecule has 1 aliphatic carbocycles. The molecule has 3 nitrogen and oxygen atoms in total. The lowest BCUT2D eigenvalue weighted by Gasteiger charge is -2.37. The molecule has 2 rings (SSSR count). The highest BCUT2D eigenvalue weighted by molar-refractivity contribution is 5.70. The molecule has 0 spiro atoms. The summed E-state index contributed by atoms with van der Waals surface area (Å²) >= 11 is 0. The first-order chi connectivity index (χ1) is 7.10. The number of carboxylic acids is 1. The highest BCUT2D eigenvalue weighted by Crippen LogP contribution is 2.41. The molecule has 0 aromatic heterocycles. The second-order valence-electron chi connectivity index (χ2n) is 4.16. The fraction of sp³-hybridized carbons (Fsp3) is 0.417. The fourth-order valence-corrected chi connectivity index (χ4v) is 1.95. The van der Waals surface area contributed by atoms with Gasteiger partial charge in [-0.25, -0.2) is 0 Å². The summed E-state index contributed by atoms with van der Waals surface area (Å²) in [6.07, 6.45) is 2.62. The number of hydrogen-bond acceptors (Lipinski definition) is 2. The molecule has 1 aliphatic rings. The first kappa shape index (κ1) is 10.2. The van der Waals surface area contributed by atoms with E-state index >= 15 is 0 Å². The van der Waals surface area contributed by atoms with Crippen molar-refractivity contribution >= 4 is 5.97 Å². The van der Waals surface area contributed by atoms with Gasteiger partial charge in [-0.05, 0) is 30.4 Å². The average Bonchev–Trinajstić information content (AvgIpc) is 2.13. The minimum atomic E-state index is -0.840. The Kier molecular flexibility index (Phi) is 2.49. The number of hydrogen-bond donors (Lipinski definition) is 2. The summed E-state index contributed by atoms with van der Waals surface area (Å²) in [5.74, 6) is -0.840. The van der Waals surface area contributed by atoms with E-state index in [9.17, 15) is 9.90 Å². The highest BCUT2D eigenvalue weighted by Gasteiger charge is 2.36. The van der Waals surface area contributed by atoms with E-state index in [-0.39, 0.29) is 6.42 Å². The third-order valence-electron chi connectivity index (χ3n) is 3.00. The van der Waals surface area contributed by atoms with E-state index in [1.807, 2.05) is 12.1 Å². The summed E-state index contributed by atoms with van der Waals surface area (Å²) in [4.78, 5) is 10.6. The zero-order valence-corrected chi connectivity index (χ0v) is 8.44. The summed E-state index contributed by atoms with van der Waals surface area (Å²) in [5, 5.41) is 18.8. The molecule has 1 saturated carbocycles. The number of benzene rings is 1. The Morgan fingerprint density at radius 1 is 1.40 bits per heavy atom. The van der Waals surface area contributed by atoms with Gasteiger partial charge in [-0.3, -0.25) is 4.79 Å². The molecule has 0 heterocycles. The Morgan fingerprint density at radius 3 is 2.67 bits per heavy atom. The van der Waals surface area contributed by atoms with E-state index in [0.29, 0.717) is 0 Å². The smallest absolute Gasteiger partial charge is 0.307 e. The Hall–Kier alpha value is -1.35. The van der Waals surface area contributed by atoms with Crippen LogP contribution in [0.4, 0.5) is 0 Å². The monoisotopic (exact) mass is 206 g/mol. The van der Waals surface area contributed by atoms with Crippen LogP contribution in [0.1, 0.15) is 30.4 Å². The van der Waals surface area contributed by atoms with Crippen molar-refractivity contribution in [3.8, 4) is 0 Å². The Labute approximate surface area is 88.4 Å². The zero-order valence-electron chi connectivity index (χ0n) is 8.44. The van der Waals surface area contributed by atoms with E-state index in [0.717, 1.165) is 30.4 Å². The predicted octanol–water partition coefficient (Wildman–Crippen LogP) is 1.69. The molecule has 0 bridgehead atoms. The molecule has 1 fully saturated rings. The Bertz CT molecular complexity index is 380. The van der Waals surface area contributed by atoms with E-state index in [2.05, 4.69) is 0 Å². The lowest BCUT2D eigenvalue weighted by Crippen LogP contribution is -2.33. The van der Waals surface area contributed by atoms with Gasteiger partial charge in [0.15, 0.2) is 0 Å². The van der Waals surface area contributed by atoms with Gasteiger partial charge >= 0.3 is 5.97 Å². The molecule has 15 heavy (non-hydrogen) atoms. The summed E-state index contributed by atoms with van der Waals surface area (Å²) in [6, 6.07) is 7.25. The van der Waals surface area contributed by atoms with Gasteiger partial charge in [-0.1, -0.05) is 24.3 Å². The lowest BCUT2D eigenvalue weighted by atomic mass is 9.75. The summed E-state index contributed by atoms with van der Waals surface area (Å²) in [5.41, 5.74) is 0.905. The normalized spacial score (nSPS) is 18.2. The first-order valence-corrected chi connectivity index (χ1v) is 5.14. The minimum absolute atomic E-state index is 0.0178. The lowest BCUT2D eigenvalue weighted by molar-refractivity contribution is -0.136. The van der Waals surface area contributed by atoms with Crippen LogP contribution in [0.15, 0.2) is 24.3 Å². The number of aliphatic hydroxyl groups is 1. The quantitative estimate of drug-likeness (QED) is 0.791. The number of carboxylic acid groups (broad SMARTS) is 1. The van der Waals surface area contributed by atoms with Crippen LogP contribution in [-0.2, 0) is 16.8 Å². The zero-order chi connectivity index (χ0) is 10.9. The van der Waals surface area contributed by atoms with Gasteiger partial charge in [0.2, 0.25) is 0 Å². The second-order valence-corrected chi connectivity index (χ2v) is 4.16. The first-order valence-electron chi connectivity index (χ1n) is 5.14. The molecule has 0 radical (unpaired) electrons. The van der Waals surface area contributed by atoms with Crippen LogP contribution in [0.2, 0.25) is 0 Å². The second kappa shape index (κ2) is 3.66. The molecule has 0 saturated heterocycles. The van der Waals surface area contributed by atoms with E-state index < -0.39 is 11.6 Å². The molecule has 1 aromatic rings. The van der Waals surface area contributed by atoms with Crippen LogP contribution < -0.4 is 0 Å². The number of carbonyl (C=O) groups is 1.